The largest absolute Gasteiger partial charge is 0.421 e. The molecule has 0 aliphatic heterocycles. The van der Waals surface area contributed by atoms with Crippen LogP contribution in [0.25, 0.3) is 23.2 Å². The average Bonchev–Trinajstić information content (AvgIpc) is 3.40. The van der Waals surface area contributed by atoms with E-state index in [4.69, 9.17) is 4.42 Å². The molecule has 0 radical (unpaired) electrons. The van der Waals surface area contributed by atoms with Gasteiger partial charge in [0.25, 0.3) is 0 Å². The fourth-order valence-electron chi connectivity index (χ4n) is 2.78. The normalized spacial score (nSPS) is 12.9. The van der Waals surface area contributed by atoms with Crippen molar-refractivity contribution in [2.45, 2.75) is 19.3 Å². The number of hydrogen-bond acceptors (Lipinski definition) is 7. The Morgan fingerprint density at radius 2 is 1.58 bits per heavy atom. The van der Waals surface area contributed by atoms with Gasteiger partial charge in [-0.3, -0.25) is 0 Å². The third-order valence-corrected chi connectivity index (χ3v) is 4.24. The van der Waals surface area contributed by atoms with Gasteiger partial charge in [0.2, 0.25) is 11.8 Å². The molecule has 0 saturated carbocycles. The third-order valence-electron chi connectivity index (χ3n) is 4.24. The minimum absolute atomic E-state index is 0.0335. The summed E-state index contributed by atoms with van der Waals surface area (Å²) in [6, 6.07) is 1.13. The van der Waals surface area contributed by atoms with E-state index in [2.05, 4.69) is 30.2 Å². The Balaban J connectivity index is 1.79. The molecule has 0 aliphatic rings. The predicted octanol–water partition coefficient (Wildman–Crippen LogP) is 4.51. The molecule has 4 aromatic rings. The molecule has 0 spiro atoms. The molecule has 8 nitrogen and oxygen atoms in total. The highest BCUT2D eigenvalue weighted by Gasteiger charge is 2.37. The second-order valence-electron chi connectivity index (χ2n) is 6.64. The SMILES string of the molecule is Cc1nnc(/C(=C/n2cnc(-c3cc(C(F)(F)F)cc(C(F)(F)F)c3)n2)c2cncnc2)o1. The van der Waals surface area contributed by atoms with Gasteiger partial charge < -0.3 is 4.42 Å². The fraction of sp³-hybridized carbons (Fsp3) is 0.158. The van der Waals surface area contributed by atoms with Crippen molar-refractivity contribution in [2.75, 3.05) is 0 Å². The molecular weight excluding hydrogens is 456 g/mol. The van der Waals surface area contributed by atoms with E-state index in [0.29, 0.717) is 23.3 Å². The highest BCUT2D eigenvalue weighted by atomic mass is 19.4. The van der Waals surface area contributed by atoms with Crippen LogP contribution in [0.15, 0.2) is 47.7 Å². The summed E-state index contributed by atoms with van der Waals surface area (Å²) < 4.78 is 85.4. The molecule has 0 N–H and O–H groups in total. The third kappa shape index (κ3) is 4.88. The zero-order valence-electron chi connectivity index (χ0n) is 16.4. The van der Waals surface area contributed by atoms with Crippen LogP contribution in [-0.4, -0.2) is 34.9 Å². The Kier molecular flexibility index (Phi) is 5.43. The van der Waals surface area contributed by atoms with E-state index in [-0.39, 0.29) is 23.7 Å². The Hall–Kier alpha value is -4.10. The van der Waals surface area contributed by atoms with Crippen LogP contribution in [0.2, 0.25) is 0 Å². The summed E-state index contributed by atoms with van der Waals surface area (Å²) in [5.74, 6) is -0.0262. The minimum Gasteiger partial charge on any atom is -0.421 e. The van der Waals surface area contributed by atoms with E-state index in [1.807, 2.05) is 0 Å². The van der Waals surface area contributed by atoms with Crippen LogP contribution < -0.4 is 0 Å². The lowest BCUT2D eigenvalue weighted by Crippen LogP contribution is -2.11. The summed E-state index contributed by atoms with van der Waals surface area (Å²) in [7, 11) is 0. The van der Waals surface area contributed by atoms with Crippen LogP contribution in [0.1, 0.15) is 28.5 Å². The molecule has 33 heavy (non-hydrogen) atoms. The van der Waals surface area contributed by atoms with Crippen molar-refractivity contribution in [1.82, 2.24) is 34.9 Å². The molecule has 0 bridgehead atoms. The van der Waals surface area contributed by atoms with E-state index in [0.717, 1.165) is 11.0 Å². The summed E-state index contributed by atoms with van der Waals surface area (Å²) in [6.45, 7) is 1.56. The molecule has 3 aromatic heterocycles. The van der Waals surface area contributed by atoms with Crippen molar-refractivity contribution in [3.05, 3.63) is 71.7 Å². The van der Waals surface area contributed by atoms with Crippen molar-refractivity contribution in [1.29, 1.82) is 0 Å². The molecule has 1 aromatic carbocycles. The van der Waals surface area contributed by atoms with Crippen molar-refractivity contribution in [2.24, 2.45) is 0 Å². The second-order valence-corrected chi connectivity index (χ2v) is 6.64. The van der Waals surface area contributed by atoms with E-state index in [1.165, 1.54) is 24.9 Å². The molecular formula is C19H11F6N7O. The monoisotopic (exact) mass is 467 g/mol. The molecule has 3 heterocycles. The first kappa shape index (κ1) is 22.1. The van der Waals surface area contributed by atoms with Gasteiger partial charge in [0.1, 0.15) is 12.7 Å². The summed E-state index contributed by atoms with van der Waals surface area (Å²) in [5.41, 5.74) is -2.66. The zero-order valence-corrected chi connectivity index (χ0v) is 16.4. The molecule has 0 unspecified atom stereocenters. The van der Waals surface area contributed by atoms with Gasteiger partial charge in [-0.2, -0.15) is 26.3 Å². The van der Waals surface area contributed by atoms with Crippen molar-refractivity contribution < 1.29 is 30.8 Å². The maximum atomic E-state index is 13.1. The van der Waals surface area contributed by atoms with Crippen LogP contribution in [0.4, 0.5) is 26.3 Å². The number of alkyl halides is 6. The zero-order chi connectivity index (χ0) is 23.8. The second kappa shape index (κ2) is 8.11. The fourth-order valence-corrected chi connectivity index (χ4v) is 2.78. The maximum absolute atomic E-state index is 13.1. The van der Waals surface area contributed by atoms with Gasteiger partial charge in [0.05, 0.1) is 16.7 Å². The summed E-state index contributed by atoms with van der Waals surface area (Å²) in [6.07, 6.45) is -3.35. The lowest BCUT2D eigenvalue weighted by atomic mass is 10.0. The number of nitrogens with zero attached hydrogens (tertiary/aromatic N) is 7. The summed E-state index contributed by atoms with van der Waals surface area (Å²) >= 11 is 0. The van der Waals surface area contributed by atoms with Gasteiger partial charge in [-0.1, -0.05) is 0 Å². The van der Waals surface area contributed by atoms with Gasteiger partial charge in [0.15, 0.2) is 5.82 Å². The first-order valence-electron chi connectivity index (χ1n) is 8.99. The Labute approximate surface area is 180 Å². The standard InChI is InChI=1S/C19H11F6N7O/c1-10-29-30-17(33-10)15(12-5-26-8-27-6-12)7-32-9-28-16(31-32)11-2-13(18(20,21)22)4-14(3-11)19(23,24)25/h2-9H,1H3/b15-7+. The lowest BCUT2D eigenvalue weighted by Gasteiger charge is -2.13. The molecule has 0 saturated heterocycles. The predicted molar refractivity (Wildman–Crippen MR) is 99.8 cm³/mol. The number of aryl methyl sites for hydroxylation is 1. The quantitative estimate of drug-likeness (QED) is 0.408. The highest BCUT2D eigenvalue weighted by molar-refractivity contribution is 5.82. The van der Waals surface area contributed by atoms with Gasteiger partial charge in [-0.15, -0.1) is 15.3 Å². The van der Waals surface area contributed by atoms with Crippen LogP contribution in [-0.2, 0) is 12.4 Å². The van der Waals surface area contributed by atoms with E-state index in [9.17, 15) is 26.3 Å². The van der Waals surface area contributed by atoms with Crippen LogP contribution in [0.5, 0.6) is 0 Å². The number of rotatable bonds is 4. The van der Waals surface area contributed by atoms with Gasteiger partial charge in [-0.05, 0) is 18.2 Å². The Morgan fingerprint density at radius 3 is 2.12 bits per heavy atom. The molecule has 0 amide bonds. The number of halogens is 6. The van der Waals surface area contributed by atoms with Crippen LogP contribution in [0.3, 0.4) is 0 Å². The molecule has 0 aliphatic carbocycles. The van der Waals surface area contributed by atoms with Gasteiger partial charge in [-0.25, -0.2) is 19.6 Å². The first-order valence-corrected chi connectivity index (χ1v) is 8.99. The summed E-state index contributed by atoms with van der Waals surface area (Å²) in [4.78, 5) is 11.6. The van der Waals surface area contributed by atoms with Gasteiger partial charge in [0, 0.05) is 36.6 Å². The van der Waals surface area contributed by atoms with E-state index in [1.54, 1.807) is 6.92 Å². The topological polar surface area (TPSA) is 95.4 Å². The number of hydrogen-bond donors (Lipinski definition) is 0. The average molecular weight is 467 g/mol. The molecule has 0 fully saturated rings. The van der Waals surface area contributed by atoms with Crippen molar-refractivity contribution >= 4 is 11.8 Å². The summed E-state index contributed by atoms with van der Waals surface area (Å²) in [5, 5.41) is 11.6. The first-order chi connectivity index (χ1) is 15.5. The maximum Gasteiger partial charge on any atom is 0.416 e. The molecule has 170 valence electrons. The smallest absolute Gasteiger partial charge is 0.416 e. The minimum atomic E-state index is -4.99. The van der Waals surface area contributed by atoms with Crippen LogP contribution >= 0.6 is 0 Å². The molecule has 4 rings (SSSR count). The highest BCUT2D eigenvalue weighted by Crippen LogP contribution is 2.38. The Morgan fingerprint density at radius 1 is 0.939 bits per heavy atom. The van der Waals surface area contributed by atoms with Crippen molar-refractivity contribution in [3.63, 3.8) is 0 Å². The van der Waals surface area contributed by atoms with E-state index >= 15 is 0 Å². The Bertz CT molecular complexity index is 1280. The molecule has 14 heteroatoms. The number of benzene rings is 1. The lowest BCUT2D eigenvalue weighted by molar-refractivity contribution is -0.143. The molecule has 0 atom stereocenters. The van der Waals surface area contributed by atoms with Crippen molar-refractivity contribution in [3.8, 4) is 11.4 Å². The van der Waals surface area contributed by atoms with Crippen LogP contribution in [0, 0.1) is 6.92 Å². The van der Waals surface area contributed by atoms with E-state index < -0.39 is 29.0 Å². The van der Waals surface area contributed by atoms with Gasteiger partial charge >= 0.3 is 12.4 Å². The number of aromatic nitrogens is 7.